The lowest BCUT2D eigenvalue weighted by atomic mass is 10.1. The molecule has 1 aromatic carbocycles. The largest absolute Gasteiger partial charge is 0.376 e. The summed E-state index contributed by atoms with van der Waals surface area (Å²) in [5.74, 6) is 0.683. The van der Waals surface area contributed by atoms with Crippen LogP contribution in [0.5, 0.6) is 0 Å². The maximum Gasteiger partial charge on any atom is 0.193 e. The molecule has 0 spiro atoms. The van der Waals surface area contributed by atoms with Gasteiger partial charge in [0.1, 0.15) is 5.82 Å². The van der Waals surface area contributed by atoms with Crippen molar-refractivity contribution in [1.29, 1.82) is 0 Å². The second-order valence-electron chi connectivity index (χ2n) is 7.04. The lowest BCUT2D eigenvalue weighted by Gasteiger charge is -2.35. The van der Waals surface area contributed by atoms with Crippen molar-refractivity contribution in [2.75, 3.05) is 33.4 Å². The van der Waals surface area contributed by atoms with Crippen LogP contribution >= 0.6 is 24.0 Å². The fourth-order valence-electron chi connectivity index (χ4n) is 3.53. The van der Waals surface area contributed by atoms with E-state index in [1.807, 2.05) is 0 Å². The number of likely N-dealkylation sites (tertiary alicyclic amines) is 1. The molecule has 152 valence electrons. The number of ether oxygens (including phenoxy) is 2. The third-order valence-electron chi connectivity index (χ3n) is 5.11. The van der Waals surface area contributed by atoms with Crippen LogP contribution < -0.4 is 5.32 Å². The van der Waals surface area contributed by atoms with Gasteiger partial charge in [-0.1, -0.05) is 12.1 Å². The normalized spacial score (nSPS) is 21.6. The van der Waals surface area contributed by atoms with Crippen molar-refractivity contribution in [3.63, 3.8) is 0 Å². The van der Waals surface area contributed by atoms with Gasteiger partial charge in [0.2, 0.25) is 0 Å². The van der Waals surface area contributed by atoms with Crippen LogP contribution in [-0.2, 0) is 16.0 Å². The number of guanidine groups is 1. The van der Waals surface area contributed by atoms with Gasteiger partial charge in [0.15, 0.2) is 5.96 Å². The Morgan fingerprint density at radius 1 is 1.22 bits per heavy atom. The summed E-state index contributed by atoms with van der Waals surface area (Å²) in [6, 6.07) is 6.56. The maximum absolute atomic E-state index is 13.0. The third-order valence-corrected chi connectivity index (χ3v) is 5.11. The minimum atomic E-state index is -0.209. The standard InChI is InChI=1S/C20H30FN3O2.HI/c1-22-20(23-14-16-5-7-17(21)8-6-16)24-11-9-18(10-12-24)26-15-19-4-2-3-13-25-19;/h5-8,18-19H,2-4,9-15H2,1H3,(H,22,23);1H. The lowest BCUT2D eigenvalue weighted by Crippen LogP contribution is -2.47. The summed E-state index contributed by atoms with van der Waals surface area (Å²) >= 11 is 0. The monoisotopic (exact) mass is 491 g/mol. The highest BCUT2D eigenvalue weighted by Gasteiger charge is 2.23. The molecule has 3 rings (SSSR count). The Bertz CT molecular complexity index is 571. The van der Waals surface area contributed by atoms with Gasteiger partial charge in [-0.3, -0.25) is 4.99 Å². The average Bonchev–Trinajstić information content (AvgIpc) is 2.70. The molecule has 0 aliphatic carbocycles. The van der Waals surface area contributed by atoms with E-state index < -0.39 is 0 Å². The molecule has 1 N–H and O–H groups in total. The fraction of sp³-hybridized carbons (Fsp3) is 0.650. The Kier molecular flexibility index (Phi) is 9.78. The topological polar surface area (TPSA) is 46.1 Å². The molecular weight excluding hydrogens is 460 g/mol. The van der Waals surface area contributed by atoms with Gasteiger partial charge >= 0.3 is 0 Å². The second-order valence-corrected chi connectivity index (χ2v) is 7.04. The summed E-state index contributed by atoms with van der Waals surface area (Å²) in [5, 5.41) is 3.37. The van der Waals surface area contributed by atoms with Crippen molar-refractivity contribution in [2.24, 2.45) is 4.99 Å². The van der Waals surface area contributed by atoms with Crippen LogP contribution in [0.2, 0.25) is 0 Å². The molecule has 0 amide bonds. The number of nitrogens with one attached hydrogen (secondary N) is 1. The highest BCUT2D eigenvalue weighted by atomic mass is 127. The summed E-state index contributed by atoms with van der Waals surface area (Å²) in [6.07, 6.45) is 6.16. The second kappa shape index (κ2) is 11.8. The molecule has 2 aliphatic heterocycles. The van der Waals surface area contributed by atoms with Gasteiger partial charge in [0, 0.05) is 33.3 Å². The molecule has 2 fully saturated rings. The molecular formula is C20H31FIN3O2. The Hall–Kier alpha value is -0.930. The van der Waals surface area contributed by atoms with E-state index in [0.29, 0.717) is 12.6 Å². The van der Waals surface area contributed by atoms with Gasteiger partial charge < -0.3 is 19.7 Å². The van der Waals surface area contributed by atoms with Crippen LogP contribution in [0.4, 0.5) is 4.39 Å². The van der Waals surface area contributed by atoms with Crippen LogP contribution in [0, 0.1) is 5.82 Å². The Morgan fingerprint density at radius 2 is 1.96 bits per heavy atom. The van der Waals surface area contributed by atoms with Crippen LogP contribution in [-0.4, -0.2) is 56.4 Å². The van der Waals surface area contributed by atoms with Gasteiger partial charge in [-0.25, -0.2) is 4.39 Å². The molecule has 27 heavy (non-hydrogen) atoms. The van der Waals surface area contributed by atoms with Gasteiger partial charge in [-0.05, 0) is 49.8 Å². The summed E-state index contributed by atoms with van der Waals surface area (Å²) in [7, 11) is 1.80. The number of hydrogen-bond acceptors (Lipinski definition) is 3. The number of rotatable bonds is 5. The first kappa shape index (κ1) is 22.4. The van der Waals surface area contributed by atoms with Crippen LogP contribution in [0.25, 0.3) is 0 Å². The fourth-order valence-corrected chi connectivity index (χ4v) is 3.53. The molecule has 1 atom stereocenters. The van der Waals surface area contributed by atoms with Crippen LogP contribution in [0.3, 0.4) is 0 Å². The number of nitrogens with zero attached hydrogens (tertiary/aromatic N) is 2. The minimum absolute atomic E-state index is 0. The summed E-state index contributed by atoms with van der Waals surface area (Å²) in [6.45, 7) is 4.10. The highest BCUT2D eigenvalue weighted by molar-refractivity contribution is 14.0. The van der Waals surface area contributed by atoms with Crippen LogP contribution in [0.1, 0.15) is 37.7 Å². The van der Waals surface area contributed by atoms with Crippen molar-refractivity contribution in [1.82, 2.24) is 10.2 Å². The van der Waals surface area contributed by atoms with Gasteiger partial charge in [-0.2, -0.15) is 0 Å². The molecule has 2 saturated heterocycles. The molecule has 0 saturated carbocycles. The summed E-state index contributed by atoms with van der Waals surface area (Å²) < 4.78 is 24.8. The summed E-state index contributed by atoms with van der Waals surface area (Å²) in [4.78, 5) is 6.65. The van der Waals surface area contributed by atoms with Gasteiger partial charge in [0.05, 0.1) is 18.8 Å². The minimum Gasteiger partial charge on any atom is -0.376 e. The SMILES string of the molecule is CN=C(NCc1ccc(F)cc1)N1CCC(OCC2CCCCO2)CC1.I. The molecule has 1 unspecified atom stereocenters. The van der Waals surface area contributed by atoms with E-state index in [1.165, 1.54) is 25.0 Å². The van der Waals surface area contributed by atoms with Gasteiger partial charge in [0.25, 0.3) is 0 Å². The molecule has 0 bridgehead atoms. The summed E-state index contributed by atoms with van der Waals surface area (Å²) in [5.41, 5.74) is 1.04. The Morgan fingerprint density at radius 3 is 2.59 bits per heavy atom. The van der Waals surface area contributed by atoms with Gasteiger partial charge in [-0.15, -0.1) is 24.0 Å². The predicted molar refractivity (Wildman–Crippen MR) is 116 cm³/mol. The smallest absolute Gasteiger partial charge is 0.193 e. The molecule has 5 nitrogen and oxygen atoms in total. The molecule has 2 aliphatic rings. The highest BCUT2D eigenvalue weighted by Crippen LogP contribution is 2.18. The van der Waals surface area contributed by atoms with Crippen LogP contribution in [0.15, 0.2) is 29.3 Å². The van der Waals surface area contributed by atoms with E-state index in [9.17, 15) is 4.39 Å². The molecule has 1 aromatic rings. The van der Waals surface area contributed by atoms with E-state index in [-0.39, 0.29) is 35.9 Å². The van der Waals surface area contributed by atoms with Crippen molar-refractivity contribution in [2.45, 2.75) is 50.9 Å². The predicted octanol–water partition coefficient (Wildman–Crippen LogP) is 3.57. The van der Waals surface area contributed by atoms with E-state index in [0.717, 1.165) is 57.1 Å². The number of piperidine rings is 1. The van der Waals surface area contributed by atoms with Crippen molar-refractivity contribution in [3.05, 3.63) is 35.6 Å². The first-order valence-corrected chi connectivity index (χ1v) is 9.68. The van der Waals surface area contributed by atoms with E-state index >= 15 is 0 Å². The first-order chi connectivity index (χ1) is 12.7. The number of halogens is 2. The van der Waals surface area contributed by atoms with E-state index in [2.05, 4.69) is 15.2 Å². The third kappa shape index (κ3) is 7.19. The zero-order valence-electron chi connectivity index (χ0n) is 16.0. The van der Waals surface area contributed by atoms with Crippen molar-refractivity contribution in [3.8, 4) is 0 Å². The van der Waals surface area contributed by atoms with Crippen molar-refractivity contribution < 1.29 is 13.9 Å². The first-order valence-electron chi connectivity index (χ1n) is 9.68. The molecule has 7 heteroatoms. The van der Waals surface area contributed by atoms with E-state index in [4.69, 9.17) is 9.47 Å². The zero-order chi connectivity index (χ0) is 18.2. The Labute approximate surface area is 178 Å². The molecule has 2 heterocycles. The van der Waals surface area contributed by atoms with Crippen molar-refractivity contribution >= 4 is 29.9 Å². The molecule has 0 aromatic heterocycles. The average molecular weight is 491 g/mol. The maximum atomic E-state index is 13.0. The quantitative estimate of drug-likeness (QED) is 0.389. The number of aliphatic imine (C=N–C) groups is 1. The number of benzene rings is 1. The number of hydrogen-bond donors (Lipinski definition) is 1. The zero-order valence-corrected chi connectivity index (χ0v) is 18.4. The molecule has 0 radical (unpaired) electrons. The lowest BCUT2D eigenvalue weighted by molar-refractivity contribution is -0.0721. The van der Waals surface area contributed by atoms with E-state index in [1.54, 1.807) is 19.2 Å². The Balaban J connectivity index is 0.00000261.